The minimum Gasteiger partial charge on any atom is -0.390 e. The van der Waals surface area contributed by atoms with Gasteiger partial charge in [-0.1, -0.05) is 0 Å². The standard InChI is InChI=1S/C12H19N5O4/c18-11(9-16-8-10(5-14-16)17(20)21)6-13-7-12(19)15-3-1-2-4-15/h5,8,11,13,18H,1-4,6-7,9H2. The molecular formula is C12H19N5O4. The van der Waals surface area contributed by atoms with E-state index in [9.17, 15) is 20.0 Å². The maximum atomic E-state index is 11.8. The van der Waals surface area contributed by atoms with Gasteiger partial charge in [0.2, 0.25) is 5.91 Å². The summed E-state index contributed by atoms with van der Waals surface area (Å²) in [5.41, 5.74) is -0.112. The molecule has 0 bridgehead atoms. The van der Waals surface area contributed by atoms with Gasteiger partial charge in [0.05, 0.1) is 24.1 Å². The first-order chi connectivity index (χ1) is 10.1. The summed E-state index contributed by atoms with van der Waals surface area (Å²) in [4.78, 5) is 23.5. The second-order valence-electron chi connectivity index (χ2n) is 5.05. The third-order valence-electron chi connectivity index (χ3n) is 3.34. The zero-order chi connectivity index (χ0) is 15.2. The molecule has 0 saturated carbocycles. The number of nitrogens with one attached hydrogen (secondary N) is 1. The highest BCUT2D eigenvalue weighted by Crippen LogP contribution is 2.08. The molecule has 1 saturated heterocycles. The molecule has 9 nitrogen and oxygen atoms in total. The molecule has 0 spiro atoms. The van der Waals surface area contributed by atoms with E-state index in [1.165, 1.54) is 10.9 Å². The van der Waals surface area contributed by atoms with E-state index < -0.39 is 11.0 Å². The van der Waals surface area contributed by atoms with Crippen LogP contribution in [0.3, 0.4) is 0 Å². The van der Waals surface area contributed by atoms with Crippen molar-refractivity contribution in [2.75, 3.05) is 26.2 Å². The molecule has 21 heavy (non-hydrogen) atoms. The van der Waals surface area contributed by atoms with Crippen LogP contribution in [0.5, 0.6) is 0 Å². The highest BCUT2D eigenvalue weighted by atomic mass is 16.6. The van der Waals surface area contributed by atoms with Crippen LogP contribution in [0.25, 0.3) is 0 Å². The Labute approximate surface area is 121 Å². The molecule has 0 aromatic carbocycles. The Morgan fingerprint density at radius 1 is 1.52 bits per heavy atom. The predicted octanol–water partition coefficient (Wildman–Crippen LogP) is -0.636. The van der Waals surface area contributed by atoms with Gasteiger partial charge in [-0.3, -0.25) is 19.6 Å². The Hall–Kier alpha value is -2.00. The quantitative estimate of drug-likeness (QED) is 0.511. The van der Waals surface area contributed by atoms with Crippen LogP contribution in [-0.2, 0) is 11.3 Å². The summed E-state index contributed by atoms with van der Waals surface area (Å²) in [7, 11) is 0. The van der Waals surface area contributed by atoms with E-state index in [1.54, 1.807) is 4.90 Å². The fourth-order valence-electron chi connectivity index (χ4n) is 2.25. The number of amides is 1. The van der Waals surface area contributed by atoms with Crippen molar-refractivity contribution in [2.45, 2.75) is 25.5 Å². The molecule has 1 aromatic rings. The van der Waals surface area contributed by atoms with Gasteiger partial charge in [0.15, 0.2) is 0 Å². The number of likely N-dealkylation sites (tertiary alicyclic amines) is 1. The molecule has 1 fully saturated rings. The fourth-order valence-corrected chi connectivity index (χ4v) is 2.25. The van der Waals surface area contributed by atoms with Crippen molar-refractivity contribution in [3.05, 3.63) is 22.5 Å². The van der Waals surface area contributed by atoms with Gasteiger partial charge >= 0.3 is 5.69 Å². The molecular weight excluding hydrogens is 278 g/mol. The summed E-state index contributed by atoms with van der Waals surface area (Å²) < 4.78 is 1.31. The van der Waals surface area contributed by atoms with E-state index in [4.69, 9.17) is 0 Å². The highest BCUT2D eigenvalue weighted by Gasteiger charge is 2.17. The van der Waals surface area contributed by atoms with E-state index in [-0.39, 0.29) is 31.2 Å². The summed E-state index contributed by atoms with van der Waals surface area (Å²) in [6, 6.07) is 0. The zero-order valence-corrected chi connectivity index (χ0v) is 11.6. The number of aliphatic hydroxyl groups is 1. The average molecular weight is 297 g/mol. The van der Waals surface area contributed by atoms with Gasteiger partial charge in [-0.2, -0.15) is 5.10 Å². The van der Waals surface area contributed by atoms with E-state index in [0.717, 1.165) is 32.1 Å². The Morgan fingerprint density at radius 3 is 2.86 bits per heavy atom. The van der Waals surface area contributed by atoms with Crippen LogP contribution in [-0.4, -0.2) is 62.9 Å². The molecule has 1 unspecified atom stereocenters. The Balaban J connectivity index is 1.68. The second kappa shape index (κ2) is 7.14. The van der Waals surface area contributed by atoms with Gasteiger partial charge in [0, 0.05) is 19.6 Å². The molecule has 2 heterocycles. The third-order valence-corrected chi connectivity index (χ3v) is 3.34. The number of rotatable bonds is 7. The largest absolute Gasteiger partial charge is 0.390 e. The molecule has 1 aliphatic heterocycles. The van der Waals surface area contributed by atoms with Crippen molar-refractivity contribution in [1.82, 2.24) is 20.0 Å². The topological polar surface area (TPSA) is 114 Å². The lowest BCUT2D eigenvalue weighted by molar-refractivity contribution is -0.385. The molecule has 1 aliphatic rings. The fraction of sp³-hybridized carbons (Fsp3) is 0.667. The first-order valence-electron chi connectivity index (χ1n) is 6.89. The van der Waals surface area contributed by atoms with Gasteiger partial charge in [-0.25, -0.2) is 0 Å². The summed E-state index contributed by atoms with van der Waals surface area (Å²) in [6.07, 6.45) is 3.73. The summed E-state index contributed by atoms with van der Waals surface area (Å²) in [5.74, 6) is 0.0365. The van der Waals surface area contributed by atoms with Crippen molar-refractivity contribution in [3.63, 3.8) is 0 Å². The SMILES string of the molecule is O=C(CNCC(O)Cn1cc([N+](=O)[O-])cn1)N1CCCC1. The number of hydrogen-bond donors (Lipinski definition) is 2. The van der Waals surface area contributed by atoms with Gasteiger partial charge < -0.3 is 15.3 Å². The summed E-state index contributed by atoms with van der Waals surface area (Å²) in [5, 5.41) is 27.0. The van der Waals surface area contributed by atoms with Crippen LogP contribution in [0.15, 0.2) is 12.4 Å². The Morgan fingerprint density at radius 2 is 2.24 bits per heavy atom. The maximum absolute atomic E-state index is 11.8. The van der Waals surface area contributed by atoms with Crippen molar-refractivity contribution < 1.29 is 14.8 Å². The number of carbonyl (C=O) groups excluding carboxylic acids is 1. The first kappa shape index (κ1) is 15.4. The van der Waals surface area contributed by atoms with Gasteiger partial charge in [-0.05, 0) is 12.8 Å². The monoisotopic (exact) mass is 297 g/mol. The Kier molecular flexibility index (Phi) is 5.23. The lowest BCUT2D eigenvalue weighted by Gasteiger charge is -2.16. The van der Waals surface area contributed by atoms with Crippen molar-refractivity contribution in [2.24, 2.45) is 0 Å². The lowest BCUT2D eigenvalue weighted by Crippen LogP contribution is -2.39. The number of nitrogens with zero attached hydrogens (tertiary/aromatic N) is 4. The summed E-state index contributed by atoms with van der Waals surface area (Å²) >= 11 is 0. The van der Waals surface area contributed by atoms with Crippen LogP contribution >= 0.6 is 0 Å². The number of aliphatic hydroxyl groups excluding tert-OH is 1. The third kappa shape index (κ3) is 4.50. The van der Waals surface area contributed by atoms with Gasteiger partial charge in [0.25, 0.3) is 0 Å². The van der Waals surface area contributed by atoms with Crippen LogP contribution in [0, 0.1) is 10.1 Å². The van der Waals surface area contributed by atoms with Gasteiger partial charge in [0.1, 0.15) is 12.4 Å². The number of hydrogen-bond acceptors (Lipinski definition) is 6. The van der Waals surface area contributed by atoms with Crippen LogP contribution in [0.2, 0.25) is 0 Å². The van der Waals surface area contributed by atoms with Crippen LogP contribution in [0.1, 0.15) is 12.8 Å². The lowest BCUT2D eigenvalue weighted by atomic mass is 10.3. The van der Waals surface area contributed by atoms with E-state index in [2.05, 4.69) is 10.4 Å². The van der Waals surface area contributed by atoms with Crippen molar-refractivity contribution in [1.29, 1.82) is 0 Å². The normalized spacial score (nSPS) is 16.1. The number of nitro groups is 1. The molecule has 1 aromatic heterocycles. The average Bonchev–Trinajstić information content (AvgIpc) is 3.09. The second-order valence-corrected chi connectivity index (χ2v) is 5.05. The first-order valence-corrected chi connectivity index (χ1v) is 6.89. The molecule has 1 amide bonds. The molecule has 0 aliphatic carbocycles. The smallest absolute Gasteiger partial charge is 0.306 e. The number of carbonyl (C=O) groups is 1. The van der Waals surface area contributed by atoms with E-state index >= 15 is 0 Å². The van der Waals surface area contributed by atoms with Crippen LogP contribution < -0.4 is 5.32 Å². The zero-order valence-electron chi connectivity index (χ0n) is 11.6. The summed E-state index contributed by atoms with van der Waals surface area (Å²) in [6.45, 7) is 2.17. The Bertz CT molecular complexity index is 498. The van der Waals surface area contributed by atoms with Gasteiger partial charge in [-0.15, -0.1) is 0 Å². The molecule has 116 valence electrons. The molecule has 0 radical (unpaired) electrons. The van der Waals surface area contributed by atoms with Crippen molar-refractivity contribution in [3.8, 4) is 0 Å². The van der Waals surface area contributed by atoms with E-state index in [1.807, 2.05) is 0 Å². The molecule has 9 heteroatoms. The predicted molar refractivity (Wildman–Crippen MR) is 73.6 cm³/mol. The molecule has 1 atom stereocenters. The van der Waals surface area contributed by atoms with E-state index in [0.29, 0.717) is 0 Å². The number of aromatic nitrogens is 2. The molecule has 2 rings (SSSR count). The highest BCUT2D eigenvalue weighted by molar-refractivity contribution is 5.78. The maximum Gasteiger partial charge on any atom is 0.306 e. The molecule has 2 N–H and O–H groups in total. The van der Waals surface area contributed by atoms with Crippen molar-refractivity contribution >= 4 is 11.6 Å². The minimum atomic E-state index is -0.768. The minimum absolute atomic E-state index is 0.0365. The van der Waals surface area contributed by atoms with Crippen LogP contribution in [0.4, 0.5) is 5.69 Å².